The van der Waals surface area contributed by atoms with Gasteiger partial charge in [0.25, 0.3) is 11.8 Å². The Morgan fingerprint density at radius 3 is 2.57 bits per heavy atom. The van der Waals surface area contributed by atoms with Crippen molar-refractivity contribution in [2.24, 2.45) is 0 Å². The molecule has 0 saturated carbocycles. The van der Waals surface area contributed by atoms with Gasteiger partial charge in [0.15, 0.2) is 11.4 Å². The van der Waals surface area contributed by atoms with Crippen LogP contribution >= 0.6 is 0 Å². The molecule has 1 atom stereocenters. The van der Waals surface area contributed by atoms with Gasteiger partial charge in [0.05, 0.1) is 11.7 Å². The van der Waals surface area contributed by atoms with Gasteiger partial charge in [-0.15, -0.1) is 0 Å². The molecule has 0 saturated heterocycles. The van der Waals surface area contributed by atoms with Crippen LogP contribution in [-0.2, 0) is 13.0 Å². The zero-order valence-electron chi connectivity index (χ0n) is 18.6. The molecule has 2 aromatic carbocycles. The van der Waals surface area contributed by atoms with Crippen LogP contribution in [0.5, 0.6) is 5.75 Å². The van der Waals surface area contributed by atoms with Gasteiger partial charge in [-0.1, -0.05) is 6.07 Å². The fourth-order valence-electron chi connectivity index (χ4n) is 4.71. The molecule has 2 N–H and O–H groups in total. The minimum atomic E-state index is -1.09. The van der Waals surface area contributed by atoms with Gasteiger partial charge in [-0.2, -0.15) is 0 Å². The number of halogens is 3. The summed E-state index contributed by atoms with van der Waals surface area (Å²) in [5.74, 6) is -4.75. The summed E-state index contributed by atoms with van der Waals surface area (Å²) in [7, 11) is 0. The first-order chi connectivity index (χ1) is 16.7. The first kappa shape index (κ1) is 22.7. The van der Waals surface area contributed by atoms with Crippen molar-refractivity contribution in [3.05, 3.63) is 92.2 Å². The lowest BCUT2D eigenvalue weighted by Crippen LogP contribution is -2.44. The number of amides is 2. The molecule has 180 valence electrons. The Labute approximate surface area is 197 Å². The monoisotopic (exact) mass is 483 g/mol. The second-order valence-corrected chi connectivity index (χ2v) is 8.75. The molecule has 1 aromatic heterocycles. The number of nitrogens with one attached hydrogen (secondary N) is 1. The van der Waals surface area contributed by atoms with Gasteiger partial charge < -0.3 is 19.9 Å². The van der Waals surface area contributed by atoms with Crippen LogP contribution in [-0.4, -0.2) is 28.0 Å². The molecule has 2 aliphatic rings. The maximum absolute atomic E-state index is 14.1. The van der Waals surface area contributed by atoms with Crippen LogP contribution in [0.1, 0.15) is 50.0 Å². The van der Waals surface area contributed by atoms with Crippen LogP contribution in [0, 0.1) is 24.4 Å². The molecule has 0 aliphatic carbocycles. The number of aryl methyl sites for hydroxylation is 2. The lowest BCUT2D eigenvalue weighted by molar-refractivity contribution is 0.0929. The number of fused-ring (bicyclic) bond motifs is 6. The summed E-state index contributed by atoms with van der Waals surface area (Å²) in [6.45, 7) is 1.16. The summed E-state index contributed by atoms with van der Waals surface area (Å²) in [5, 5.41) is 13.0. The maximum Gasteiger partial charge on any atom is 0.279 e. The van der Waals surface area contributed by atoms with E-state index in [1.807, 2.05) is 0 Å². The predicted molar refractivity (Wildman–Crippen MR) is 120 cm³/mol. The number of carbonyl (C=O) groups is 2. The Balaban J connectivity index is 1.50. The molecular weight excluding hydrogens is 463 g/mol. The number of pyridine rings is 1. The maximum atomic E-state index is 14.1. The van der Waals surface area contributed by atoms with Gasteiger partial charge in [-0.25, -0.2) is 13.2 Å². The van der Waals surface area contributed by atoms with Gasteiger partial charge in [0, 0.05) is 24.8 Å². The molecule has 3 heterocycles. The number of hydrogen-bond donors (Lipinski definition) is 2. The van der Waals surface area contributed by atoms with Crippen molar-refractivity contribution in [3.8, 4) is 5.75 Å². The van der Waals surface area contributed by atoms with E-state index in [9.17, 15) is 32.7 Å². The van der Waals surface area contributed by atoms with E-state index in [-0.39, 0.29) is 17.8 Å². The number of rotatable bonds is 3. The standard InChI is InChI=1S/C25H20F3N3O4/c1-12-6-18(27)16(19(28)7-12)9-29-24(34)17-11-30-15-5-3-13-2-4-14(26)8-20(13)31(10-15)25(35)21(30)23(33)22(17)32/h2,4,6-8,11,15,33H,3,5,9-10H2,1H3,(H,29,34)/t15-/m1/s1. The van der Waals surface area contributed by atoms with Crippen molar-refractivity contribution >= 4 is 17.5 Å². The summed E-state index contributed by atoms with van der Waals surface area (Å²) in [4.78, 5) is 40.2. The van der Waals surface area contributed by atoms with E-state index in [0.717, 1.165) is 17.7 Å². The van der Waals surface area contributed by atoms with E-state index < -0.39 is 58.6 Å². The van der Waals surface area contributed by atoms with Gasteiger partial charge in [-0.05, 0) is 55.2 Å². The fraction of sp³-hybridized carbons (Fsp3) is 0.240. The average molecular weight is 483 g/mol. The Hall–Kier alpha value is -4.08. The normalized spacial score (nSPS) is 16.4. The zero-order chi connectivity index (χ0) is 25.0. The topological polar surface area (TPSA) is 91.6 Å². The smallest absolute Gasteiger partial charge is 0.279 e. The molecule has 0 spiro atoms. The molecule has 5 rings (SSSR count). The minimum absolute atomic E-state index is 0.158. The predicted octanol–water partition coefficient (Wildman–Crippen LogP) is 3.36. The number of hydrogen-bond acceptors (Lipinski definition) is 4. The summed E-state index contributed by atoms with van der Waals surface area (Å²) >= 11 is 0. The lowest BCUT2D eigenvalue weighted by atomic mass is 10.0. The molecule has 2 aliphatic heterocycles. The lowest BCUT2D eigenvalue weighted by Gasteiger charge is -2.35. The van der Waals surface area contributed by atoms with Crippen LogP contribution in [0.25, 0.3) is 0 Å². The third-order valence-corrected chi connectivity index (χ3v) is 6.49. The second kappa shape index (κ2) is 8.30. The van der Waals surface area contributed by atoms with E-state index in [0.29, 0.717) is 24.1 Å². The molecule has 0 radical (unpaired) electrons. The van der Waals surface area contributed by atoms with E-state index in [1.165, 1.54) is 34.7 Å². The fourth-order valence-corrected chi connectivity index (χ4v) is 4.71. The molecule has 0 unspecified atom stereocenters. The van der Waals surface area contributed by atoms with Crippen LogP contribution in [0.4, 0.5) is 18.9 Å². The highest BCUT2D eigenvalue weighted by Crippen LogP contribution is 2.37. The number of nitrogens with zero attached hydrogens (tertiary/aromatic N) is 2. The minimum Gasteiger partial charge on any atom is -0.503 e. The van der Waals surface area contributed by atoms with Crippen molar-refractivity contribution in [2.75, 3.05) is 11.4 Å². The van der Waals surface area contributed by atoms with Crippen LogP contribution < -0.4 is 15.6 Å². The summed E-state index contributed by atoms with van der Waals surface area (Å²) < 4.78 is 43.5. The molecule has 3 aromatic rings. The summed E-state index contributed by atoms with van der Waals surface area (Å²) in [6.07, 6.45) is 2.19. The summed E-state index contributed by atoms with van der Waals surface area (Å²) in [6, 6.07) is 5.98. The Morgan fingerprint density at radius 1 is 1.14 bits per heavy atom. The highest BCUT2D eigenvalue weighted by molar-refractivity contribution is 6.08. The molecule has 0 fully saturated rings. The van der Waals surface area contributed by atoms with E-state index in [1.54, 1.807) is 6.07 Å². The molecule has 7 nitrogen and oxygen atoms in total. The van der Waals surface area contributed by atoms with Gasteiger partial charge in [-0.3, -0.25) is 14.4 Å². The highest BCUT2D eigenvalue weighted by atomic mass is 19.1. The number of benzene rings is 2. The quantitative estimate of drug-likeness (QED) is 0.598. The Kier molecular flexibility index (Phi) is 5.38. The zero-order valence-corrected chi connectivity index (χ0v) is 18.6. The van der Waals surface area contributed by atoms with Gasteiger partial charge >= 0.3 is 0 Å². The largest absolute Gasteiger partial charge is 0.503 e. The van der Waals surface area contributed by atoms with Gasteiger partial charge in [0.1, 0.15) is 23.0 Å². The first-order valence-corrected chi connectivity index (χ1v) is 11.0. The number of anilines is 1. The molecule has 2 amide bonds. The van der Waals surface area contributed by atoms with E-state index in [4.69, 9.17) is 0 Å². The molecular formula is C25H20F3N3O4. The van der Waals surface area contributed by atoms with Crippen LogP contribution in [0.3, 0.4) is 0 Å². The summed E-state index contributed by atoms with van der Waals surface area (Å²) in [5.41, 5.74) is -0.724. The first-order valence-electron chi connectivity index (χ1n) is 11.0. The molecule has 2 bridgehead atoms. The van der Waals surface area contributed by atoms with Crippen LogP contribution in [0.15, 0.2) is 41.3 Å². The number of aromatic hydroxyl groups is 1. The van der Waals surface area contributed by atoms with E-state index in [2.05, 4.69) is 5.32 Å². The van der Waals surface area contributed by atoms with Gasteiger partial charge in [0.2, 0.25) is 5.43 Å². The second-order valence-electron chi connectivity index (χ2n) is 8.75. The van der Waals surface area contributed by atoms with E-state index >= 15 is 0 Å². The van der Waals surface area contributed by atoms with Crippen molar-refractivity contribution in [3.63, 3.8) is 0 Å². The van der Waals surface area contributed by atoms with Crippen molar-refractivity contribution in [1.82, 2.24) is 9.88 Å². The Morgan fingerprint density at radius 2 is 1.86 bits per heavy atom. The highest BCUT2D eigenvalue weighted by Gasteiger charge is 2.38. The van der Waals surface area contributed by atoms with Crippen molar-refractivity contribution < 1.29 is 27.9 Å². The number of aromatic nitrogens is 1. The SMILES string of the molecule is Cc1cc(F)c(CNC(=O)c2cn3c(c(O)c2=O)C(=O)N2C[C@H]3CCc3ccc(F)cc32)c(F)c1. The third-order valence-electron chi connectivity index (χ3n) is 6.49. The Bertz CT molecular complexity index is 1440. The van der Waals surface area contributed by atoms with Crippen molar-refractivity contribution in [2.45, 2.75) is 32.4 Å². The van der Waals surface area contributed by atoms with Crippen LogP contribution in [0.2, 0.25) is 0 Å². The van der Waals surface area contributed by atoms with Crippen molar-refractivity contribution in [1.29, 1.82) is 0 Å². The number of carbonyl (C=O) groups excluding carboxylic acids is 2. The molecule has 35 heavy (non-hydrogen) atoms. The average Bonchev–Trinajstić information content (AvgIpc) is 2.96. The third kappa shape index (κ3) is 3.74. The molecule has 10 heteroatoms.